The second-order valence-corrected chi connectivity index (χ2v) is 7.72. The Bertz CT molecular complexity index is 1110. The number of rotatable bonds is 7. The molecule has 1 amide bonds. The Morgan fingerprint density at radius 2 is 1.87 bits per heavy atom. The summed E-state index contributed by atoms with van der Waals surface area (Å²) in [4.78, 5) is 30.2. The minimum absolute atomic E-state index is 0.308. The van der Waals surface area contributed by atoms with Crippen LogP contribution in [0.2, 0.25) is 0 Å². The molecule has 0 bridgehead atoms. The highest BCUT2D eigenvalue weighted by Crippen LogP contribution is 2.30. The molecule has 1 aliphatic rings. The summed E-state index contributed by atoms with van der Waals surface area (Å²) < 4.78 is 10.7. The van der Waals surface area contributed by atoms with Gasteiger partial charge < -0.3 is 14.8 Å². The maximum atomic E-state index is 13.0. The highest BCUT2D eigenvalue weighted by atomic mass is 16.5. The van der Waals surface area contributed by atoms with Gasteiger partial charge in [0.15, 0.2) is 6.10 Å². The van der Waals surface area contributed by atoms with Crippen LogP contribution in [0.3, 0.4) is 0 Å². The number of hydrogen-bond acceptors (Lipinski definition) is 5. The number of pyridine rings is 1. The number of hydrogen-bond donors (Lipinski definition) is 1. The molecule has 1 atom stereocenters. The molecule has 1 aliphatic carbocycles. The van der Waals surface area contributed by atoms with Crippen molar-refractivity contribution in [3.63, 3.8) is 0 Å². The average molecular weight is 418 g/mol. The number of nitrogens with zero attached hydrogens (tertiary/aromatic N) is 1. The fourth-order valence-electron chi connectivity index (χ4n) is 3.98. The molecule has 0 fully saturated rings. The van der Waals surface area contributed by atoms with Crippen molar-refractivity contribution < 1.29 is 19.1 Å². The van der Waals surface area contributed by atoms with E-state index in [1.807, 2.05) is 48.5 Å². The van der Waals surface area contributed by atoms with Crippen LogP contribution in [0.5, 0.6) is 5.75 Å². The molecule has 0 saturated carbocycles. The molecule has 3 aromatic rings. The zero-order valence-corrected chi connectivity index (χ0v) is 17.8. The molecule has 0 saturated heterocycles. The molecule has 0 spiro atoms. The Morgan fingerprint density at radius 3 is 2.65 bits per heavy atom. The van der Waals surface area contributed by atoms with Crippen molar-refractivity contribution in [1.82, 2.24) is 10.3 Å². The first kappa shape index (κ1) is 20.8. The van der Waals surface area contributed by atoms with Crippen molar-refractivity contribution in [2.45, 2.75) is 38.7 Å². The number of carbonyl (C=O) groups excluding carboxylic acids is 2. The largest absolute Gasteiger partial charge is 0.497 e. The van der Waals surface area contributed by atoms with Gasteiger partial charge in [-0.1, -0.05) is 30.3 Å². The smallest absolute Gasteiger partial charge is 0.339 e. The van der Waals surface area contributed by atoms with E-state index in [-0.39, 0.29) is 5.91 Å². The number of aryl methyl sites for hydroxylation is 1. The molecular formula is C25H26N2O4. The van der Waals surface area contributed by atoms with Gasteiger partial charge in [0.25, 0.3) is 5.91 Å². The second-order valence-electron chi connectivity index (χ2n) is 7.72. The van der Waals surface area contributed by atoms with Crippen molar-refractivity contribution in [3.8, 4) is 5.75 Å². The summed E-state index contributed by atoms with van der Waals surface area (Å²) in [7, 11) is 1.63. The second kappa shape index (κ2) is 9.16. The van der Waals surface area contributed by atoms with Gasteiger partial charge in [0.05, 0.1) is 18.2 Å². The first-order chi connectivity index (χ1) is 15.1. The van der Waals surface area contributed by atoms with E-state index in [1.54, 1.807) is 14.0 Å². The average Bonchev–Trinajstić information content (AvgIpc) is 3.25. The van der Waals surface area contributed by atoms with E-state index in [9.17, 15) is 9.59 Å². The van der Waals surface area contributed by atoms with Crippen LogP contribution in [0.1, 0.15) is 40.5 Å². The number of nitrogens with one attached hydrogen (secondary N) is 1. The Kier molecular flexibility index (Phi) is 6.16. The Labute approximate surface area is 181 Å². The van der Waals surface area contributed by atoms with Gasteiger partial charge >= 0.3 is 5.97 Å². The number of methoxy groups -OCH3 is 1. The number of carbonyl (C=O) groups is 2. The summed E-state index contributed by atoms with van der Waals surface area (Å²) in [5.41, 5.74) is 4.34. The maximum Gasteiger partial charge on any atom is 0.339 e. The molecule has 1 heterocycles. The number of para-hydroxylation sites is 1. The molecular weight excluding hydrogens is 392 g/mol. The lowest BCUT2D eigenvalue weighted by Gasteiger charge is -2.16. The van der Waals surface area contributed by atoms with E-state index in [4.69, 9.17) is 14.5 Å². The predicted molar refractivity (Wildman–Crippen MR) is 118 cm³/mol. The topological polar surface area (TPSA) is 77.5 Å². The Balaban J connectivity index is 1.40. The number of fused-ring (bicyclic) bond motifs is 2. The molecule has 0 radical (unpaired) electrons. The van der Waals surface area contributed by atoms with Crippen LogP contribution in [-0.2, 0) is 28.8 Å². The Hall–Kier alpha value is -3.41. The van der Waals surface area contributed by atoms with Crippen molar-refractivity contribution >= 4 is 22.8 Å². The monoisotopic (exact) mass is 418 g/mol. The zero-order valence-electron chi connectivity index (χ0n) is 17.8. The summed E-state index contributed by atoms with van der Waals surface area (Å²) >= 11 is 0. The third-order valence-corrected chi connectivity index (χ3v) is 5.65. The van der Waals surface area contributed by atoms with E-state index in [1.165, 1.54) is 0 Å². The van der Waals surface area contributed by atoms with E-state index < -0.39 is 12.1 Å². The lowest BCUT2D eigenvalue weighted by Crippen LogP contribution is -2.37. The summed E-state index contributed by atoms with van der Waals surface area (Å²) in [6.07, 6.45) is 2.44. The molecule has 4 rings (SSSR count). The van der Waals surface area contributed by atoms with Gasteiger partial charge in [-0.3, -0.25) is 9.78 Å². The quantitative estimate of drug-likeness (QED) is 0.593. The Morgan fingerprint density at radius 1 is 1.10 bits per heavy atom. The summed E-state index contributed by atoms with van der Waals surface area (Å²) in [6, 6.07) is 15.3. The minimum Gasteiger partial charge on any atom is -0.497 e. The SMILES string of the molecule is COc1ccc(CCNC(=O)[C@@H](C)OC(=O)c2c3c(nc4ccccc24)CCC3)cc1. The molecule has 0 aliphatic heterocycles. The molecule has 1 N–H and O–H groups in total. The molecule has 2 aromatic carbocycles. The predicted octanol–water partition coefficient (Wildman–Crippen LogP) is 3.64. The van der Waals surface area contributed by atoms with Crippen LogP contribution in [0.4, 0.5) is 0 Å². The van der Waals surface area contributed by atoms with Gasteiger partial charge in [-0.15, -0.1) is 0 Å². The summed E-state index contributed by atoms with van der Waals surface area (Å²) in [6.45, 7) is 2.06. The first-order valence-electron chi connectivity index (χ1n) is 10.6. The highest BCUT2D eigenvalue weighted by molar-refractivity contribution is 6.05. The number of amides is 1. The van der Waals surface area contributed by atoms with Crippen LogP contribution in [0, 0.1) is 0 Å². The van der Waals surface area contributed by atoms with Crippen molar-refractivity contribution in [2.24, 2.45) is 0 Å². The van der Waals surface area contributed by atoms with Crippen LogP contribution in [0.25, 0.3) is 10.9 Å². The van der Waals surface area contributed by atoms with Gasteiger partial charge in [0, 0.05) is 17.6 Å². The van der Waals surface area contributed by atoms with Crippen LogP contribution in [-0.4, -0.2) is 36.6 Å². The van der Waals surface area contributed by atoms with Crippen molar-refractivity contribution in [1.29, 1.82) is 0 Å². The lowest BCUT2D eigenvalue weighted by atomic mass is 10.0. The zero-order chi connectivity index (χ0) is 21.8. The van der Waals surface area contributed by atoms with E-state index in [0.717, 1.165) is 52.7 Å². The van der Waals surface area contributed by atoms with Crippen molar-refractivity contribution in [3.05, 3.63) is 70.9 Å². The molecule has 31 heavy (non-hydrogen) atoms. The van der Waals surface area contributed by atoms with Gasteiger partial charge in [-0.25, -0.2) is 4.79 Å². The van der Waals surface area contributed by atoms with E-state index in [0.29, 0.717) is 18.5 Å². The molecule has 160 valence electrons. The number of ether oxygens (including phenoxy) is 2. The van der Waals surface area contributed by atoms with Crippen LogP contribution >= 0.6 is 0 Å². The fourth-order valence-corrected chi connectivity index (χ4v) is 3.98. The first-order valence-corrected chi connectivity index (χ1v) is 10.6. The molecule has 6 nitrogen and oxygen atoms in total. The normalized spacial score (nSPS) is 13.5. The highest BCUT2D eigenvalue weighted by Gasteiger charge is 2.27. The van der Waals surface area contributed by atoms with E-state index in [2.05, 4.69) is 5.32 Å². The number of esters is 1. The fraction of sp³-hybridized carbons (Fsp3) is 0.320. The van der Waals surface area contributed by atoms with Gasteiger partial charge in [-0.2, -0.15) is 0 Å². The van der Waals surface area contributed by atoms with E-state index >= 15 is 0 Å². The van der Waals surface area contributed by atoms with Crippen LogP contribution < -0.4 is 10.1 Å². The number of aromatic nitrogens is 1. The van der Waals surface area contributed by atoms with Gasteiger partial charge in [0.2, 0.25) is 0 Å². The summed E-state index contributed by atoms with van der Waals surface area (Å²) in [5.74, 6) is 0.0230. The maximum absolute atomic E-state index is 13.0. The van der Waals surface area contributed by atoms with Gasteiger partial charge in [0.1, 0.15) is 5.75 Å². The minimum atomic E-state index is -0.882. The number of benzene rings is 2. The lowest BCUT2D eigenvalue weighted by molar-refractivity contribution is -0.129. The standard InChI is InChI=1S/C25H26N2O4/c1-16(24(28)26-15-14-17-10-12-18(30-2)13-11-17)31-25(29)23-19-6-3-4-8-21(19)27-22-9-5-7-20(22)23/h3-4,6,8,10-13,16H,5,7,9,14-15H2,1-2H3,(H,26,28)/t16-/m1/s1. The third-order valence-electron chi connectivity index (χ3n) is 5.65. The summed E-state index contributed by atoms with van der Waals surface area (Å²) in [5, 5.41) is 3.62. The molecule has 0 unspecified atom stereocenters. The van der Waals surface area contributed by atoms with Crippen LogP contribution in [0.15, 0.2) is 48.5 Å². The van der Waals surface area contributed by atoms with Gasteiger partial charge in [-0.05, 0) is 61.9 Å². The molecule has 6 heteroatoms. The third kappa shape index (κ3) is 4.53. The molecule has 1 aromatic heterocycles. The van der Waals surface area contributed by atoms with Crippen molar-refractivity contribution in [2.75, 3.05) is 13.7 Å².